The Hall–Kier alpha value is -3.52. The number of phenolic OH excluding ortho intramolecular Hbond substituents is 1. The fourth-order valence-electron chi connectivity index (χ4n) is 4.32. The summed E-state index contributed by atoms with van der Waals surface area (Å²) in [6.45, 7) is 4.80. The summed E-state index contributed by atoms with van der Waals surface area (Å²) < 4.78 is 10.1. The molecule has 0 fully saturated rings. The Morgan fingerprint density at radius 2 is 2.03 bits per heavy atom. The Labute approximate surface area is 186 Å². The average molecular weight is 437 g/mol. The second-order valence-electron chi connectivity index (χ2n) is 8.08. The number of benzene rings is 2. The molecule has 3 aromatic rings. The van der Waals surface area contributed by atoms with Gasteiger partial charge >= 0.3 is 5.97 Å². The largest absolute Gasteiger partial charge is 0.504 e. The lowest BCUT2D eigenvalue weighted by atomic mass is 9.93. The van der Waals surface area contributed by atoms with Crippen LogP contribution in [0.5, 0.6) is 11.5 Å². The number of aromatic nitrogens is 1. The van der Waals surface area contributed by atoms with E-state index in [-0.39, 0.29) is 29.9 Å². The number of phenols is 1. The van der Waals surface area contributed by atoms with Crippen molar-refractivity contribution in [3.63, 3.8) is 0 Å². The van der Waals surface area contributed by atoms with Gasteiger partial charge in [-0.3, -0.25) is 9.69 Å². The number of ether oxygens (including phenoxy) is 2. The van der Waals surface area contributed by atoms with Gasteiger partial charge in [-0.2, -0.15) is 0 Å². The number of hydrogen-bond donors (Lipinski definition) is 3. The number of aromatic hydroxyl groups is 1. The third kappa shape index (κ3) is 3.89. The number of nitrogens with one attached hydrogen (secondary N) is 2. The van der Waals surface area contributed by atoms with Gasteiger partial charge in [0.2, 0.25) is 5.91 Å². The second-order valence-corrected chi connectivity index (χ2v) is 8.08. The van der Waals surface area contributed by atoms with Crippen LogP contribution in [0.3, 0.4) is 0 Å². The number of aromatic amines is 1. The van der Waals surface area contributed by atoms with Crippen LogP contribution in [0, 0.1) is 6.92 Å². The number of esters is 1. The van der Waals surface area contributed by atoms with Gasteiger partial charge in [0.05, 0.1) is 26.5 Å². The number of carbonyl (C=O) groups excluding carboxylic acids is 2. The molecule has 2 aromatic carbocycles. The Morgan fingerprint density at radius 3 is 2.75 bits per heavy atom. The van der Waals surface area contributed by atoms with Gasteiger partial charge in [0.1, 0.15) is 5.69 Å². The molecular weight excluding hydrogens is 410 g/mol. The molecular formula is C24H27N3O5. The summed E-state index contributed by atoms with van der Waals surface area (Å²) in [6, 6.07) is 9.26. The first kappa shape index (κ1) is 21.7. The predicted molar refractivity (Wildman–Crippen MR) is 121 cm³/mol. The highest BCUT2D eigenvalue weighted by molar-refractivity contribution is 6.11. The van der Waals surface area contributed by atoms with Gasteiger partial charge in [0.25, 0.3) is 0 Å². The highest BCUT2D eigenvalue weighted by atomic mass is 16.5. The van der Waals surface area contributed by atoms with Crippen molar-refractivity contribution in [2.24, 2.45) is 0 Å². The molecule has 1 amide bonds. The highest BCUT2D eigenvalue weighted by Crippen LogP contribution is 2.37. The number of H-pyrrole nitrogens is 1. The lowest BCUT2D eigenvalue weighted by molar-refractivity contribution is -0.117. The number of aryl methyl sites for hydroxylation is 1. The van der Waals surface area contributed by atoms with Crippen molar-refractivity contribution in [2.75, 3.05) is 32.6 Å². The molecule has 0 radical (unpaired) electrons. The van der Waals surface area contributed by atoms with Crippen LogP contribution in [0.25, 0.3) is 10.9 Å². The van der Waals surface area contributed by atoms with Crippen LogP contribution in [0.4, 0.5) is 5.69 Å². The Morgan fingerprint density at radius 1 is 1.25 bits per heavy atom. The molecule has 1 atom stereocenters. The molecule has 0 aliphatic carbocycles. The first-order chi connectivity index (χ1) is 15.3. The Bertz CT molecular complexity index is 1200. The Kier molecular flexibility index (Phi) is 5.80. The first-order valence-corrected chi connectivity index (χ1v) is 10.5. The van der Waals surface area contributed by atoms with Crippen molar-refractivity contribution >= 4 is 28.5 Å². The maximum atomic E-state index is 13.0. The maximum Gasteiger partial charge on any atom is 0.356 e. The molecule has 1 aromatic heterocycles. The number of amides is 1. The second kappa shape index (κ2) is 8.55. The molecule has 2 heterocycles. The van der Waals surface area contributed by atoms with Gasteiger partial charge in [0, 0.05) is 23.5 Å². The van der Waals surface area contributed by atoms with Crippen LogP contribution in [0.2, 0.25) is 0 Å². The molecule has 0 saturated carbocycles. The number of rotatable bonds is 5. The van der Waals surface area contributed by atoms with Crippen LogP contribution in [-0.4, -0.2) is 54.2 Å². The molecule has 8 heteroatoms. The van der Waals surface area contributed by atoms with Crippen molar-refractivity contribution in [1.82, 2.24) is 9.88 Å². The zero-order valence-electron chi connectivity index (χ0n) is 18.6. The van der Waals surface area contributed by atoms with Crippen molar-refractivity contribution in [2.45, 2.75) is 26.3 Å². The lowest BCUT2D eigenvalue weighted by Gasteiger charge is -2.35. The molecule has 1 aliphatic heterocycles. The fraction of sp³-hybridized carbons (Fsp3) is 0.333. The monoisotopic (exact) mass is 437 g/mol. The average Bonchev–Trinajstić information content (AvgIpc) is 3.12. The maximum absolute atomic E-state index is 13.0. The standard InChI is InChI=1S/C24H27N3O5/c1-13-5-6-18-17(9-13)22(23(25-18)24(30)32-4)26-21(29)12-27-8-7-15-10-19(28)20(31-3)11-16(15)14(27)2/h5-6,9-11,14,25,28H,7-8,12H2,1-4H3,(H,26,29). The lowest BCUT2D eigenvalue weighted by Crippen LogP contribution is -2.39. The normalized spacial score (nSPS) is 15.9. The molecule has 3 N–H and O–H groups in total. The summed E-state index contributed by atoms with van der Waals surface area (Å²) in [4.78, 5) is 30.4. The van der Waals surface area contributed by atoms with Crippen LogP contribution < -0.4 is 10.1 Å². The van der Waals surface area contributed by atoms with E-state index in [1.54, 1.807) is 6.07 Å². The zero-order chi connectivity index (χ0) is 23.0. The van der Waals surface area contributed by atoms with Crippen molar-refractivity contribution in [1.29, 1.82) is 0 Å². The molecule has 1 aliphatic rings. The van der Waals surface area contributed by atoms with Crippen LogP contribution >= 0.6 is 0 Å². The highest BCUT2D eigenvalue weighted by Gasteiger charge is 2.28. The van der Waals surface area contributed by atoms with E-state index in [9.17, 15) is 14.7 Å². The topological polar surface area (TPSA) is 104 Å². The predicted octanol–water partition coefficient (Wildman–Crippen LogP) is 3.53. The summed E-state index contributed by atoms with van der Waals surface area (Å²) in [6.07, 6.45) is 0.712. The van der Waals surface area contributed by atoms with Crippen molar-refractivity contribution < 1.29 is 24.2 Å². The number of hydrogen-bond acceptors (Lipinski definition) is 6. The van der Waals surface area contributed by atoms with Gasteiger partial charge in [0.15, 0.2) is 11.5 Å². The molecule has 0 saturated heterocycles. The van der Waals surface area contributed by atoms with Gasteiger partial charge in [-0.15, -0.1) is 0 Å². The van der Waals surface area contributed by atoms with Crippen molar-refractivity contribution in [3.05, 3.63) is 52.7 Å². The number of fused-ring (bicyclic) bond motifs is 2. The van der Waals surface area contributed by atoms with Crippen LogP contribution in [-0.2, 0) is 16.0 Å². The van der Waals surface area contributed by atoms with Gasteiger partial charge < -0.3 is 24.9 Å². The van der Waals surface area contributed by atoms with E-state index in [4.69, 9.17) is 9.47 Å². The van der Waals surface area contributed by atoms with Crippen LogP contribution in [0.1, 0.15) is 40.1 Å². The summed E-state index contributed by atoms with van der Waals surface area (Å²) >= 11 is 0. The van der Waals surface area contributed by atoms with E-state index in [0.29, 0.717) is 24.4 Å². The number of methoxy groups -OCH3 is 2. The summed E-state index contributed by atoms with van der Waals surface area (Å²) in [5.41, 5.74) is 4.49. The fourth-order valence-corrected chi connectivity index (χ4v) is 4.32. The number of nitrogens with zero attached hydrogens (tertiary/aromatic N) is 1. The molecule has 0 spiro atoms. The zero-order valence-corrected chi connectivity index (χ0v) is 18.6. The third-order valence-corrected chi connectivity index (χ3v) is 6.06. The first-order valence-electron chi connectivity index (χ1n) is 10.5. The summed E-state index contributed by atoms with van der Waals surface area (Å²) in [7, 11) is 2.82. The van der Waals surface area contributed by atoms with Gasteiger partial charge in [-0.05, 0) is 55.7 Å². The van der Waals surface area contributed by atoms with Gasteiger partial charge in [-0.1, -0.05) is 11.6 Å². The van der Waals surface area contributed by atoms with E-state index in [1.807, 2.05) is 38.1 Å². The Balaban J connectivity index is 1.58. The van der Waals surface area contributed by atoms with E-state index in [0.717, 1.165) is 27.6 Å². The van der Waals surface area contributed by atoms with Gasteiger partial charge in [-0.25, -0.2) is 4.79 Å². The van der Waals surface area contributed by atoms with E-state index in [2.05, 4.69) is 15.2 Å². The molecule has 4 rings (SSSR count). The minimum absolute atomic E-state index is 0.0377. The third-order valence-electron chi connectivity index (χ3n) is 6.06. The molecule has 1 unspecified atom stereocenters. The minimum Gasteiger partial charge on any atom is -0.504 e. The van der Waals surface area contributed by atoms with Crippen LogP contribution in [0.15, 0.2) is 30.3 Å². The smallest absolute Gasteiger partial charge is 0.356 e. The van der Waals surface area contributed by atoms with E-state index >= 15 is 0 Å². The molecule has 168 valence electrons. The molecule has 8 nitrogen and oxygen atoms in total. The SMILES string of the molecule is COC(=O)c1[nH]c2ccc(C)cc2c1NC(=O)CN1CCc2cc(O)c(OC)cc2C1C. The minimum atomic E-state index is -0.540. The quantitative estimate of drug-likeness (QED) is 0.528. The van der Waals surface area contributed by atoms with Crippen molar-refractivity contribution in [3.8, 4) is 11.5 Å². The number of anilines is 1. The summed E-state index contributed by atoms with van der Waals surface area (Å²) in [5.74, 6) is -0.228. The molecule has 0 bridgehead atoms. The van der Waals surface area contributed by atoms with E-state index in [1.165, 1.54) is 14.2 Å². The summed E-state index contributed by atoms with van der Waals surface area (Å²) in [5, 5.41) is 13.7. The van der Waals surface area contributed by atoms with E-state index < -0.39 is 5.97 Å². The number of carbonyl (C=O) groups is 2. The molecule has 32 heavy (non-hydrogen) atoms.